The minimum Gasteiger partial charge on any atom is -0.382 e. The molecule has 1 rings (SSSR count). The summed E-state index contributed by atoms with van der Waals surface area (Å²) in [5.74, 6) is 0. The molecule has 0 aliphatic carbocycles. The quantitative estimate of drug-likeness (QED) is 0.596. The van der Waals surface area contributed by atoms with Crippen molar-refractivity contribution >= 4 is 7.85 Å². The Morgan fingerprint density at radius 3 is 2.33 bits per heavy atom. The zero-order chi connectivity index (χ0) is 11.5. The van der Waals surface area contributed by atoms with Gasteiger partial charge in [-0.05, 0) is 6.42 Å². The zero-order valence-electron chi connectivity index (χ0n) is 10.3. The maximum absolute atomic E-state index is 5.97. The highest BCUT2D eigenvalue weighted by molar-refractivity contribution is 6.11. The molecule has 0 unspecified atom stereocenters. The van der Waals surface area contributed by atoms with E-state index < -0.39 is 0 Å². The van der Waals surface area contributed by atoms with Crippen LogP contribution in [0.5, 0.6) is 0 Å². The monoisotopic (exact) mass is 216 g/mol. The normalized spacial score (nSPS) is 40.9. The van der Waals surface area contributed by atoms with E-state index in [-0.39, 0.29) is 23.8 Å². The molecule has 1 aliphatic rings. The van der Waals surface area contributed by atoms with Gasteiger partial charge in [-0.25, -0.2) is 0 Å². The molecule has 1 aliphatic heterocycles. The summed E-state index contributed by atoms with van der Waals surface area (Å²) < 4.78 is 22.1. The molecule has 4 nitrogen and oxygen atoms in total. The fourth-order valence-electron chi connectivity index (χ4n) is 2.46. The average Bonchev–Trinajstić information content (AvgIpc) is 2.51. The van der Waals surface area contributed by atoms with Gasteiger partial charge in [-0.3, -0.25) is 0 Å². The summed E-state index contributed by atoms with van der Waals surface area (Å²) in [6, 6.07) is 0.0371. The molecule has 0 saturated carbocycles. The largest absolute Gasteiger partial charge is 0.382 e. The topological polar surface area (TPSA) is 36.9 Å². The van der Waals surface area contributed by atoms with Gasteiger partial charge in [0.15, 0.2) is 0 Å². The molecule has 0 aromatic carbocycles. The van der Waals surface area contributed by atoms with Gasteiger partial charge in [-0.15, -0.1) is 0 Å². The summed E-state index contributed by atoms with van der Waals surface area (Å²) in [6.45, 7) is 2.61. The molecular weight excluding hydrogens is 195 g/mol. The Balaban J connectivity index is 2.87. The van der Waals surface area contributed by atoms with E-state index in [2.05, 4.69) is 6.92 Å². The number of hydrogen-bond donors (Lipinski definition) is 0. The van der Waals surface area contributed by atoms with Crippen molar-refractivity contribution in [2.24, 2.45) is 0 Å². The number of rotatable bonds is 5. The molecule has 0 bridgehead atoms. The highest BCUT2D eigenvalue weighted by atomic mass is 16.6. The maximum Gasteiger partial charge on any atom is 0.142 e. The molecule has 0 spiro atoms. The van der Waals surface area contributed by atoms with Gasteiger partial charge in [0.2, 0.25) is 0 Å². The van der Waals surface area contributed by atoms with Crippen molar-refractivity contribution < 1.29 is 18.9 Å². The molecule has 88 valence electrons. The van der Waals surface area contributed by atoms with Crippen molar-refractivity contribution in [3.8, 4) is 0 Å². The van der Waals surface area contributed by atoms with Crippen LogP contribution in [0.1, 0.15) is 13.3 Å². The molecule has 0 amide bonds. The zero-order valence-corrected chi connectivity index (χ0v) is 10.3. The van der Waals surface area contributed by atoms with Gasteiger partial charge in [0.25, 0.3) is 0 Å². The molecule has 5 heteroatoms. The maximum atomic E-state index is 5.97. The lowest BCUT2D eigenvalue weighted by atomic mass is 9.88. The summed E-state index contributed by atoms with van der Waals surface area (Å²) in [4.78, 5) is 0. The van der Waals surface area contributed by atoms with Gasteiger partial charge in [-0.2, -0.15) is 0 Å². The van der Waals surface area contributed by atoms with E-state index in [1.807, 2.05) is 7.85 Å². The minimum absolute atomic E-state index is 0.0231. The summed E-state index contributed by atoms with van der Waals surface area (Å²) in [5.41, 5.74) is -0.371. The third-order valence-electron chi connectivity index (χ3n) is 3.21. The van der Waals surface area contributed by atoms with Crippen molar-refractivity contribution in [2.45, 2.75) is 37.2 Å². The van der Waals surface area contributed by atoms with Crippen molar-refractivity contribution in [3.63, 3.8) is 0 Å². The van der Waals surface area contributed by atoms with E-state index in [1.165, 1.54) is 0 Å². The Kier molecular flexibility index (Phi) is 4.58. The summed E-state index contributed by atoms with van der Waals surface area (Å²) in [5, 5.41) is 0. The van der Waals surface area contributed by atoms with Crippen LogP contribution in [0.2, 0.25) is 0 Å². The lowest BCUT2D eigenvalue weighted by molar-refractivity contribution is -0.122. The average molecular weight is 216 g/mol. The van der Waals surface area contributed by atoms with Gasteiger partial charge < -0.3 is 18.9 Å². The second-order valence-corrected chi connectivity index (χ2v) is 4.03. The Labute approximate surface area is 92.6 Å². The predicted octanol–water partition coefficient (Wildman–Crippen LogP) is -0.199. The highest BCUT2D eigenvalue weighted by Crippen LogP contribution is 2.36. The highest BCUT2D eigenvalue weighted by Gasteiger charge is 2.53. The Morgan fingerprint density at radius 1 is 1.27 bits per heavy atom. The second-order valence-electron chi connectivity index (χ2n) is 4.03. The molecule has 0 radical (unpaired) electrons. The van der Waals surface area contributed by atoms with Crippen LogP contribution < -0.4 is 0 Å². The molecule has 1 heterocycles. The Morgan fingerprint density at radius 2 is 1.93 bits per heavy atom. The van der Waals surface area contributed by atoms with Crippen molar-refractivity contribution in [2.75, 3.05) is 27.9 Å². The molecule has 1 saturated heterocycles. The predicted molar refractivity (Wildman–Crippen MR) is 59.9 cm³/mol. The van der Waals surface area contributed by atoms with Gasteiger partial charge >= 0.3 is 0 Å². The third kappa shape index (κ3) is 2.20. The van der Waals surface area contributed by atoms with Crippen LogP contribution in [0.4, 0.5) is 0 Å². The van der Waals surface area contributed by atoms with Gasteiger partial charge in [0.1, 0.15) is 25.7 Å². The third-order valence-corrected chi connectivity index (χ3v) is 3.21. The van der Waals surface area contributed by atoms with Gasteiger partial charge in [-0.1, -0.05) is 6.92 Å². The lowest BCUT2D eigenvalue weighted by Gasteiger charge is -2.32. The van der Waals surface area contributed by atoms with Gasteiger partial charge in [0.05, 0.1) is 12.6 Å². The second kappa shape index (κ2) is 5.30. The Hall–Kier alpha value is -0.0951. The van der Waals surface area contributed by atoms with E-state index in [9.17, 15) is 0 Å². The SMILES string of the molecule is B[C@@H]1O[C@](CC)(COC)[C@@H](OC)[C@H]1OC. The summed E-state index contributed by atoms with van der Waals surface area (Å²) >= 11 is 0. The first-order chi connectivity index (χ1) is 7.15. The van der Waals surface area contributed by atoms with Crippen LogP contribution in [0.3, 0.4) is 0 Å². The van der Waals surface area contributed by atoms with Crippen LogP contribution in [-0.2, 0) is 18.9 Å². The fourth-order valence-corrected chi connectivity index (χ4v) is 2.46. The molecular formula is C10H21BO4. The fraction of sp³-hybridized carbons (Fsp3) is 1.00. The van der Waals surface area contributed by atoms with E-state index in [4.69, 9.17) is 18.9 Å². The molecule has 0 aromatic rings. The molecule has 4 atom stereocenters. The summed E-state index contributed by atoms with van der Waals surface area (Å²) in [6.07, 6.45) is 0.761. The van der Waals surface area contributed by atoms with E-state index >= 15 is 0 Å². The van der Waals surface area contributed by atoms with E-state index in [0.29, 0.717) is 6.61 Å². The van der Waals surface area contributed by atoms with Gasteiger partial charge in [0, 0.05) is 21.3 Å². The van der Waals surface area contributed by atoms with Crippen LogP contribution in [0.15, 0.2) is 0 Å². The standard InChI is InChI=1S/C10H21BO4/c1-5-10(6-12-2)8(14-4)7(13-3)9(11)15-10/h7-9H,5-6,11H2,1-4H3/t7-,8+,9-,10-/m1/s1. The Bertz CT molecular complexity index is 202. The van der Waals surface area contributed by atoms with Crippen molar-refractivity contribution in [3.05, 3.63) is 0 Å². The number of methoxy groups -OCH3 is 3. The van der Waals surface area contributed by atoms with Crippen LogP contribution >= 0.6 is 0 Å². The molecule has 15 heavy (non-hydrogen) atoms. The number of ether oxygens (including phenoxy) is 4. The molecule has 0 N–H and O–H groups in total. The first-order valence-electron chi connectivity index (χ1n) is 5.37. The molecule has 0 aromatic heterocycles. The first-order valence-corrected chi connectivity index (χ1v) is 5.37. The van der Waals surface area contributed by atoms with Crippen LogP contribution in [-0.4, -0.2) is 59.6 Å². The van der Waals surface area contributed by atoms with E-state index in [0.717, 1.165) is 6.42 Å². The molecule has 1 fully saturated rings. The van der Waals surface area contributed by atoms with Crippen LogP contribution in [0.25, 0.3) is 0 Å². The number of hydrogen-bond acceptors (Lipinski definition) is 4. The van der Waals surface area contributed by atoms with Crippen molar-refractivity contribution in [1.29, 1.82) is 0 Å². The van der Waals surface area contributed by atoms with Crippen molar-refractivity contribution in [1.82, 2.24) is 0 Å². The minimum atomic E-state index is -0.371. The first kappa shape index (κ1) is 13.0. The van der Waals surface area contributed by atoms with E-state index in [1.54, 1.807) is 21.3 Å². The smallest absolute Gasteiger partial charge is 0.142 e. The lowest BCUT2D eigenvalue weighted by Crippen LogP contribution is -2.47. The summed E-state index contributed by atoms with van der Waals surface area (Å²) in [7, 11) is 7.07. The van der Waals surface area contributed by atoms with Crippen LogP contribution in [0, 0.1) is 0 Å².